The molecule has 3 N–H and O–H groups in total. The van der Waals surface area contributed by atoms with Crippen molar-refractivity contribution in [2.75, 3.05) is 39.6 Å². The summed E-state index contributed by atoms with van der Waals surface area (Å²) in [5.41, 5.74) is 0. The van der Waals surface area contributed by atoms with Crippen LogP contribution in [0.2, 0.25) is 0 Å². The first-order chi connectivity index (χ1) is 39.5. The third-order valence-corrected chi connectivity index (χ3v) is 16.4. The van der Waals surface area contributed by atoms with Crippen molar-refractivity contribution < 1.29 is 80.2 Å². The van der Waals surface area contributed by atoms with Crippen LogP contribution in [0.4, 0.5) is 0 Å². The van der Waals surface area contributed by atoms with Crippen molar-refractivity contribution in [2.24, 2.45) is 5.92 Å². The number of carbonyl (C=O) groups is 4. The van der Waals surface area contributed by atoms with E-state index in [0.29, 0.717) is 25.7 Å². The molecule has 0 heterocycles. The molecule has 486 valence electrons. The Balaban J connectivity index is 5.23. The van der Waals surface area contributed by atoms with Gasteiger partial charge in [0.05, 0.1) is 26.4 Å². The van der Waals surface area contributed by atoms with Crippen LogP contribution >= 0.6 is 15.6 Å². The lowest BCUT2D eigenvalue weighted by atomic mass is 10.0. The van der Waals surface area contributed by atoms with Gasteiger partial charge < -0.3 is 33.8 Å². The van der Waals surface area contributed by atoms with E-state index in [1.165, 1.54) is 141 Å². The molecule has 5 atom stereocenters. The normalized spacial score (nSPS) is 14.3. The van der Waals surface area contributed by atoms with Crippen molar-refractivity contribution in [3.05, 3.63) is 0 Å². The zero-order chi connectivity index (χ0) is 60.6. The second kappa shape index (κ2) is 56.8. The van der Waals surface area contributed by atoms with Crippen molar-refractivity contribution in [2.45, 2.75) is 335 Å². The van der Waals surface area contributed by atoms with E-state index in [1.54, 1.807) is 0 Å². The van der Waals surface area contributed by atoms with Gasteiger partial charge in [-0.15, -0.1) is 0 Å². The molecule has 0 aliphatic rings. The predicted octanol–water partition coefficient (Wildman–Crippen LogP) is 17.4. The first-order valence-corrected chi connectivity index (χ1v) is 36.1. The summed E-state index contributed by atoms with van der Waals surface area (Å²) in [4.78, 5) is 72.1. The van der Waals surface area contributed by atoms with Crippen molar-refractivity contribution in [1.29, 1.82) is 0 Å². The Morgan fingerprint density at radius 2 is 0.561 bits per heavy atom. The Labute approximate surface area is 498 Å². The lowest BCUT2D eigenvalue weighted by Crippen LogP contribution is -2.30. The molecule has 0 aliphatic heterocycles. The molecule has 0 spiro atoms. The Kier molecular flexibility index (Phi) is 55.5. The fourth-order valence-electron chi connectivity index (χ4n) is 9.41. The van der Waals surface area contributed by atoms with E-state index in [9.17, 15) is 43.2 Å². The van der Waals surface area contributed by atoms with E-state index in [4.69, 9.17) is 37.0 Å². The van der Waals surface area contributed by atoms with Crippen molar-refractivity contribution in [3.8, 4) is 0 Å². The molecule has 0 amide bonds. The molecule has 19 heteroatoms. The van der Waals surface area contributed by atoms with Crippen LogP contribution in [-0.4, -0.2) is 96.7 Å². The van der Waals surface area contributed by atoms with Crippen LogP contribution < -0.4 is 0 Å². The van der Waals surface area contributed by atoms with Gasteiger partial charge >= 0.3 is 39.5 Å². The fourth-order valence-corrected chi connectivity index (χ4v) is 11.0. The second-order valence-electron chi connectivity index (χ2n) is 23.3. The number of hydrogen-bond acceptors (Lipinski definition) is 15. The fraction of sp³-hybridized carbons (Fsp3) is 0.937. The van der Waals surface area contributed by atoms with Gasteiger partial charge in [0, 0.05) is 25.7 Å². The largest absolute Gasteiger partial charge is 0.472 e. The van der Waals surface area contributed by atoms with Gasteiger partial charge in [-0.25, -0.2) is 9.13 Å². The van der Waals surface area contributed by atoms with Gasteiger partial charge in [0.2, 0.25) is 0 Å². The van der Waals surface area contributed by atoms with Gasteiger partial charge in [0.25, 0.3) is 0 Å². The highest BCUT2D eigenvalue weighted by molar-refractivity contribution is 7.47. The summed E-state index contributed by atoms with van der Waals surface area (Å²) in [5.74, 6) is -1.38. The second-order valence-corrected chi connectivity index (χ2v) is 26.2. The topological polar surface area (TPSA) is 237 Å². The Hall–Kier alpha value is -1.94. The molecule has 0 aromatic carbocycles. The highest BCUT2D eigenvalue weighted by Gasteiger charge is 2.30. The maximum atomic E-state index is 13.0. The quantitative estimate of drug-likeness (QED) is 0.0222. The van der Waals surface area contributed by atoms with Crippen molar-refractivity contribution in [1.82, 2.24) is 0 Å². The number of ether oxygens (including phenoxy) is 4. The molecule has 2 unspecified atom stereocenters. The van der Waals surface area contributed by atoms with Gasteiger partial charge in [-0.3, -0.25) is 37.3 Å². The van der Waals surface area contributed by atoms with Crippen LogP contribution in [0.3, 0.4) is 0 Å². The third-order valence-electron chi connectivity index (χ3n) is 14.5. The molecule has 0 bridgehead atoms. The predicted molar refractivity (Wildman–Crippen MR) is 326 cm³/mol. The molecule has 0 saturated heterocycles. The number of unbranched alkanes of at least 4 members (excludes halogenated alkanes) is 35. The van der Waals surface area contributed by atoms with Gasteiger partial charge in [-0.1, -0.05) is 266 Å². The molecule has 0 aromatic rings. The average Bonchev–Trinajstić information content (AvgIpc) is 3.45. The number of aliphatic hydroxyl groups is 1. The minimum atomic E-state index is -4.94. The molecule has 17 nitrogen and oxygen atoms in total. The molecule has 0 fully saturated rings. The van der Waals surface area contributed by atoms with E-state index >= 15 is 0 Å². The number of phosphoric ester groups is 2. The van der Waals surface area contributed by atoms with Crippen LogP contribution in [0.15, 0.2) is 0 Å². The summed E-state index contributed by atoms with van der Waals surface area (Å²) < 4.78 is 67.9. The zero-order valence-electron chi connectivity index (χ0n) is 52.6. The Morgan fingerprint density at radius 3 is 0.829 bits per heavy atom. The monoisotopic (exact) mass is 1210 g/mol. The molecule has 0 saturated carbocycles. The van der Waals surface area contributed by atoms with E-state index in [0.717, 1.165) is 95.8 Å². The lowest BCUT2D eigenvalue weighted by molar-refractivity contribution is -0.161. The summed E-state index contributed by atoms with van der Waals surface area (Å²) in [7, 11) is -9.88. The Morgan fingerprint density at radius 1 is 0.329 bits per heavy atom. The third kappa shape index (κ3) is 57.2. The van der Waals surface area contributed by atoms with Crippen LogP contribution in [0.25, 0.3) is 0 Å². The van der Waals surface area contributed by atoms with E-state index in [-0.39, 0.29) is 25.7 Å². The molecule has 0 aliphatic carbocycles. The first-order valence-electron chi connectivity index (χ1n) is 33.1. The van der Waals surface area contributed by atoms with E-state index in [2.05, 4.69) is 34.6 Å². The van der Waals surface area contributed by atoms with E-state index in [1.807, 2.05) is 0 Å². The van der Waals surface area contributed by atoms with Crippen LogP contribution in [0.5, 0.6) is 0 Å². The summed E-state index contributed by atoms with van der Waals surface area (Å²) in [6.07, 6.45) is 40.2. The van der Waals surface area contributed by atoms with Crippen LogP contribution in [0, 0.1) is 5.92 Å². The van der Waals surface area contributed by atoms with Crippen molar-refractivity contribution >= 4 is 39.5 Å². The van der Waals surface area contributed by atoms with Gasteiger partial charge in [0.1, 0.15) is 19.3 Å². The van der Waals surface area contributed by atoms with Gasteiger partial charge in [-0.05, 0) is 31.6 Å². The number of carbonyl (C=O) groups excluding carboxylic acids is 4. The SMILES string of the molecule is CCCCCCCCCCCCCC(=O)OC[C@H](COP(=O)(O)OC[C@@H](O)COP(=O)(O)OC[C@@H](COC(=O)CCCCCCCCCCC)OC(=O)CCCCCCCCCCC)OC(=O)CCCCCCCCCCCCC(C)C. The first kappa shape index (κ1) is 80.1. The molecule has 0 rings (SSSR count). The molecular formula is C63H122O17P2. The summed E-state index contributed by atoms with van der Waals surface area (Å²) in [5, 5.41) is 10.5. The van der Waals surface area contributed by atoms with Crippen LogP contribution in [-0.2, 0) is 65.4 Å². The summed E-state index contributed by atoms with van der Waals surface area (Å²) in [6, 6.07) is 0. The molecule has 82 heavy (non-hydrogen) atoms. The minimum absolute atomic E-state index is 0.106. The maximum Gasteiger partial charge on any atom is 0.472 e. The van der Waals surface area contributed by atoms with E-state index < -0.39 is 97.5 Å². The number of aliphatic hydroxyl groups excluding tert-OH is 1. The number of esters is 4. The number of rotatable bonds is 63. The molecule has 0 aromatic heterocycles. The van der Waals surface area contributed by atoms with Gasteiger partial charge in [0.15, 0.2) is 12.2 Å². The zero-order valence-corrected chi connectivity index (χ0v) is 54.4. The number of phosphoric acid groups is 2. The Bertz CT molecular complexity index is 1600. The van der Waals surface area contributed by atoms with Gasteiger partial charge in [-0.2, -0.15) is 0 Å². The minimum Gasteiger partial charge on any atom is -0.462 e. The molecule has 0 radical (unpaired) electrons. The summed E-state index contributed by atoms with van der Waals surface area (Å²) in [6.45, 7) is 7.15. The smallest absolute Gasteiger partial charge is 0.462 e. The highest BCUT2D eigenvalue weighted by Crippen LogP contribution is 2.45. The standard InChI is InChI=1S/C63H122O17P2/c1-6-9-12-15-18-21-22-28-32-37-42-47-61(66)74-53-59(80-63(68)49-44-39-34-29-24-23-27-30-35-40-45-56(4)5)55-78-82(71,72)76-51-57(64)50-75-81(69,70)77-54-58(79-62(67)48-43-38-33-26-20-17-14-11-8-3)52-73-60(65)46-41-36-31-25-19-16-13-10-7-2/h56-59,64H,6-55H2,1-5H3,(H,69,70)(H,71,72)/t57-,58+,59+/m0/s1. The summed E-state index contributed by atoms with van der Waals surface area (Å²) >= 11 is 0. The number of hydrogen-bond donors (Lipinski definition) is 3. The average molecular weight is 1210 g/mol. The maximum absolute atomic E-state index is 13.0. The lowest BCUT2D eigenvalue weighted by Gasteiger charge is -2.21. The van der Waals surface area contributed by atoms with Crippen molar-refractivity contribution in [3.63, 3.8) is 0 Å². The van der Waals surface area contributed by atoms with Crippen LogP contribution in [0.1, 0.15) is 317 Å². The highest BCUT2D eigenvalue weighted by atomic mass is 31.2. The molecular weight excluding hydrogens is 1090 g/mol.